The number of hydrogen-bond acceptors (Lipinski definition) is 3. The lowest BCUT2D eigenvalue weighted by Gasteiger charge is -2.45. The molecule has 3 N–H and O–H groups in total. The number of nitrogen functional groups attached to an aromatic ring is 1. The molecule has 3 rings (SSSR count). The zero-order chi connectivity index (χ0) is 14.1. The van der Waals surface area contributed by atoms with E-state index in [9.17, 15) is 9.90 Å². The van der Waals surface area contributed by atoms with Gasteiger partial charge in [0.05, 0.1) is 16.9 Å². The van der Waals surface area contributed by atoms with Gasteiger partial charge in [-0.2, -0.15) is 0 Å². The van der Waals surface area contributed by atoms with Crippen LogP contribution in [-0.4, -0.2) is 23.7 Å². The highest BCUT2D eigenvalue weighted by atomic mass is 16.4. The van der Waals surface area contributed by atoms with Crippen LogP contribution in [0.15, 0.2) is 18.2 Å². The van der Waals surface area contributed by atoms with E-state index in [-0.39, 0.29) is 0 Å². The normalized spacial score (nSPS) is 26.1. The number of piperidine rings is 1. The number of hydrogen-bond donors (Lipinski definition) is 2. The molecule has 2 atom stereocenters. The predicted molar refractivity (Wildman–Crippen MR) is 80.1 cm³/mol. The third-order valence-corrected chi connectivity index (χ3v) is 4.83. The maximum absolute atomic E-state index is 11.2. The Labute approximate surface area is 119 Å². The highest BCUT2D eigenvalue weighted by Gasteiger charge is 2.34. The first kappa shape index (κ1) is 13.3. The van der Waals surface area contributed by atoms with E-state index in [1.165, 1.54) is 38.5 Å². The van der Waals surface area contributed by atoms with Crippen molar-refractivity contribution in [3.63, 3.8) is 0 Å². The van der Waals surface area contributed by atoms with Gasteiger partial charge in [-0.15, -0.1) is 0 Å². The van der Waals surface area contributed by atoms with Crippen LogP contribution in [0.1, 0.15) is 48.9 Å². The van der Waals surface area contributed by atoms with Crippen molar-refractivity contribution in [3.8, 4) is 0 Å². The molecule has 0 spiro atoms. The van der Waals surface area contributed by atoms with Crippen molar-refractivity contribution in [2.45, 2.75) is 44.6 Å². The molecule has 2 fully saturated rings. The van der Waals surface area contributed by atoms with Gasteiger partial charge < -0.3 is 15.7 Å². The van der Waals surface area contributed by atoms with Gasteiger partial charge in [0.1, 0.15) is 0 Å². The van der Waals surface area contributed by atoms with Crippen LogP contribution in [0.4, 0.5) is 11.4 Å². The first-order chi connectivity index (χ1) is 9.66. The number of anilines is 2. The van der Waals surface area contributed by atoms with Gasteiger partial charge in [-0.1, -0.05) is 12.8 Å². The molecule has 1 heterocycles. The molecular formula is C16H22N2O2. The Hall–Kier alpha value is -1.71. The van der Waals surface area contributed by atoms with Crippen LogP contribution in [-0.2, 0) is 0 Å². The second kappa shape index (κ2) is 5.35. The Balaban J connectivity index is 1.94. The minimum atomic E-state index is -0.886. The molecule has 1 aromatic carbocycles. The minimum absolute atomic E-state index is 0.326. The Morgan fingerprint density at radius 3 is 2.75 bits per heavy atom. The van der Waals surface area contributed by atoms with Crippen molar-refractivity contribution in [1.29, 1.82) is 0 Å². The second-order valence-electron chi connectivity index (χ2n) is 6.03. The zero-order valence-corrected chi connectivity index (χ0v) is 11.7. The molecule has 0 unspecified atom stereocenters. The molecule has 4 nitrogen and oxygen atoms in total. The number of carboxylic acids is 1. The molecular weight excluding hydrogens is 252 g/mol. The minimum Gasteiger partial charge on any atom is -0.478 e. The topological polar surface area (TPSA) is 66.6 Å². The molecule has 0 amide bonds. The lowest BCUT2D eigenvalue weighted by atomic mass is 9.78. The summed E-state index contributed by atoms with van der Waals surface area (Å²) in [6, 6.07) is 5.60. The smallest absolute Gasteiger partial charge is 0.335 e. The van der Waals surface area contributed by atoms with Crippen LogP contribution in [0.5, 0.6) is 0 Å². The number of carboxylic acid groups (broad SMARTS) is 1. The van der Waals surface area contributed by atoms with E-state index in [0.717, 1.165) is 18.2 Å². The van der Waals surface area contributed by atoms with E-state index in [1.54, 1.807) is 18.2 Å². The number of nitrogens with two attached hydrogens (primary N) is 1. The van der Waals surface area contributed by atoms with Gasteiger partial charge in [-0.3, -0.25) is 0 Å². The molecule has 0 aromatic heterocycles. The van der Waals surface area contributed by atoms with E-state index in [0.29, 0.717) is 17.3 Å². The summed E-state index contributed by atoms with van der Waals surface area (Å²) in [5, 5.41) is 9.17. The maximum Gasteiger partial charge on any atom is 0.335 e. The van der Waals surface area contributed by atoms with E-state index < -0.39 is 5.97 Å². The van der Waals surface area contributed by atoms with Crippen LogP contribution in [0.3, 0.4) is 0 Å². The van der Waals surface area contributed by atoms with Crippen molar-refractivity contribution >= 4 is 17.3 Å². The van der Waals surface area contributed by atoms with Crippen LogP contribution in [0, 0.1) is 5.92 Å². The summed E-state index contributed by atoms with van der Waals surface area (Å²) in [4.78, 5) is 13.5. The molecule has 1 aromatic rings. The third-order valence-electron chi connectivity index (χ3n) is 4.83. The monoisotopic (exact) mass is 274 g/mol. The maximum atomic E-state index is 11.2. The quantitative estimate of drug-likeness (QED) is 0.813. The van der Waals surface area contributed by atoms with Crippen molar-refractivity contribution in [2.24, 2.45) is 5.92 Å². The van der Waals surface area contributed by atoms with Gasteiger partial charge in [0.15, 0.2) is 0 Å². The lowest BCUT2D eigenvalue weighted by Crippen LogP contribution is -2.47. The predicted octanol–water partition coefficient (Wildman–Crippen LogP) is 3.13. The van der Waals surface area contributed by atoms with E-state index in [1.807, 2.05) is 0 Å². The summed E-state index contributed by atoms with van der Waals surface area (Å²) in [6.07, 6.45) is 7.61. The van der Waals surface area contributed by atoms with Crippen LogP contribution < -0.4 is 10.6 Å². The van der Waals surface area contributed by atoms with Crippen LogP contribution in [0.25, 0.3) is 0 Å². The van der Waals surface area contributed by atoms with Gasteiger partial charge in [0, 0.05) is 12.6 Å². The molecule has 2 aliphatic rings. The molecule has 1 aliphatic carbocycles. The summed E-state index contributed by atoms with van der Waals surface area (Å²) in [6.45, 7) is 0.994. The average Bonchev–Trinajstić information content (AvgIpc) is 2.47. The number of aromatic carboxylic acids is 1. The summed E-state index contributed by atoms with van der Waals surface area (Å²) in [7, 11) is 0. The Morgan fingerprint density at radius 1 is 1.20 bits per heavy atom. The van der Waals surface area contributed by atoms with Gasteiger partial charge >= 0.3 is 5.97 Å². The molecule has 4 heteroatoms. The SMILES string of the molecule is Nc1ccc(C(=O)O)cc1N1CCC[C@H]2CCCC[C@H]21. The molecule has 0 bridgehead atoms. The Morgan fingerprint density at radius 2 is 1.95 bits per heavy atom. The van der Waals surface area contributed by atoms with Gasteiger partial charge in [0.25, 0.3) is 0 Å². The van der Waals surface area contributed by atoms with Gasteiger partial charge in [-0.25, -0.2) is 4.79 Å². The molecule has 1 saturated heterocycles. The summed E-state index contributed by atoms with van der Waals surface area (Å²) < 4.78 is 0. The number of nitrogens with zero attached hydrogens (tertiary/aromatic N) is 1. The fourth-order valence-electron chi connectivity index (χ4n) is 3.85. The van der Waals surface area contributed by atoms with Crippen molar-refractivity contribution < 1.29 is 9.90 Å². The first-order valence-electron chi connectivity index (χ1n) is 7.56. The van der Waals surface area contributed by atoms with E-state index in [4.69, 9.17) is 5.73 Å². The fourth-order valence-corrected chi connectivity index (χ4v) is 3.85. The summed E-state index contributed by atoms with van der Waals surface area (Å²) in [5.74, 6) is -0.131. The lowest BCUT2D eigenvalue weighted by molar-refractivity contribution is 0.0697. The standard InChI is InChI=1S/C16H22N2O2/c17-13-8-7-12(16(19)20)10-15(13)18-9-3-5-11-4-1-2-6-14(11)18/h7-8,10-11,14H,1-6,9,17H2,(H,19,20)/t11-,14-/m1/s1. The fraction of sp³-hybridized carbons (Fsp3) is 0.562. The van der Waals surface area contributed by atoms with Crippen LogP contribution >= 0.6 is 0 Å². The van der Waals surface area contributed by atoms with Crippen LogP contribution in [0.2, 0.25) is 0 Å². The molecule has 1 saturated carbocycles. The van der Waals surface area contributed by atoms with Crippen molar-refractivity contribution in [3.05, 3.63) is 23.8 Å². The number of benzene rings is 1. The van der Waals surface area contributed by atoms with E-state index in [2.05, 4.69) is 4.90 Å². The van der Waals surface area contributed by atoms with Crippen molar-refractivity contribution in [2.75, 3.05) is 17.2 Å². The number of fused-ring (bicyclic) bond motifs is 1. The zero-order valence-electron chi connectivity index (χ0n) is 11.7. The number of rotatable bonds is 2. The Kier molecular flexibility index (Phi) is 3.55. The second-order valence-corrected chi connectivity index (χ2v) is 6.03. The third kappa shape index (κ3) is 2.35. The van der Waals surface area contributed by atoms with Gasteiger partial charge in [0.2, 0.25) is 0 Å². The van der Waals surface area contributed by atoms with Crippen molar-refractivity contribution in [1.82, 2.24) is 0 Å². The van der Waals surface area contributed by atoms with Gasteiger partial charge in [-0.05, 0) is 49.8 Å². The first-order valence-corrected chi connectivity index (χ1v) is 7.56. The molecule has 1 aliphatic heterocycles. The average molecular weight is 274 g/mol. The molecule has 0 radical (unpaired) electrons. The summed E-state index contributed by atoms with van der Waals surface area (Å²) in [5.41, 5.74) is 8.05. The largest absolute Gasteiger partial charge is 0.478 e. The summed E-state index contributed by atoms with van der Waals surface area (Å²) >= 11 is 0. The highest BCUT2D eigenvalue weighted by molar-refractivity contribution is 5.90. The number of carbonyl (C=O) groups is 1. The molecule has 108 valence electrons. The van der Waals surface area contributed by atoms with E-state index >= 15 is 0 Å². The highest BCUT2D eigenvalue weighted by Crippen LogP contribution is 2.39. The Bertz CT molecular complexity index is 513. The molecule has 20 heavy (non-hydrogen) atoms.